The second-order valence-electron chi connectivity index (χ2n) is 9.15. The molecule has 2 heterocycles. The molecule has 1 aliphatic rings. The van der Waals surface area contributed by atoms with Gasteiger partial charge in [-0.25, -0.2) is 9.78 Å². The zero-order valence-corrected chi connectivity index (χ0v) is 23.7. The van der Waals surface area contributed by atoms with Crippen LogP contribution in [-0.4, -0.2) is 34.4 Å². The highest BCUT2D eigenvalue weighted by molar-refractivity contribution is 7.17. The van der Waals surface area contributed by atoms with Crippen molar-refractivity contribution >= 4 is 51.5 Å². The van der Waals surface area contributed by atoms with Crippen LogP contribution in [0.1, 0.15) is 45.0 Å². The second-order valence-corrected chi connectivity index (χ2v) is 10.6. The Morgan fingerprint density at radius 1 is 1.05 bits per heavy atom. The van der Waals surface area contributed by atoms with Crippen molar-refractivity contribution in [1.82, 2.24) is 4.98 Å². The summed E-state index contributed by atoms with van der Waals surface area (Å²) in [6, 6.07) is 21.8. The Bertz CT molecular complexity index is 1650. The number of Topliss-reactive ketones (excluding diaryl/α,β-unsaturated/α-hetero) is 1. The topological polar surface area (TPSA) is 106 Å². The molecular formula is C31H25ClN2O6S. The molecule has 208 valence electrons. The predicted molar refractivity (Wildman–Crippen MR) is 156 cm³/mol. The lowest BCUT2D eigenvalue weighted by molar-refractivity contribution is -0.132. The van der Waals surface area contributed by atoms with Gasteiger partial charge in [0, 0.05) is 10.6 Å². The van der Waals surface area contributed by atoms with E-state index >= 15 is 0 Å². The Labute approximate surface area is 245 Å². The van der Waals surface area contributed by atoms with E-state index in [4.69, 9.17) is 21.1 Å². The van der Waals surface area contributed by atoms with E-state index < -0.39 is 23.7 Å². The van der Waals surface area contributed by atoms with Crippen LogP contribution in [0.5, 0.6) is 5.75 Å². The molecule has 8 nitrogen and oxygen atoms in total. The number of aliphatic hydroxyl groups excluding tert-OH is 1. The van der Waals surface area contributed by atoms with Crippen molar-refractivity contribution in [2.24, 2.45) is 0 Å². The van der Waals surface area contributed by atoms with E-state index in [1.165, 1.54) is 4.90 Å². The van der Waals surface area contributed by atoms with Gasteiger partial charge >= 0.3 is 11.9 Å². The number of thiazole rings is 1. The Hall–Kier alpha value is -4.47. The van der Waals surface area contributed by atoms with Crippen molar-refractivity contribution in [2.75, 3.05) is 11.5 Å². The summed E-state index contributed by atoms with van der Waals surface area (Å²) in [6.07, 6.45) is 0. The van der Waals surface area contributed by atoms with Gasteiger partial charge in [-0.15, -0.1) is 0 Å². The quantitative estimate of drug-likeness (QED) is 0.109. The van der Waals surface area contributed by atoms with E-state index in [1.807, 2.05) is 30.3 Å². The van der Waals surface area contributed by atoms with Crippen LogP contribution in [-0.2, 0) is 20.9 Å². The van der Waals surface area contributed by atoms with Crippen LogP contribution >= 0.6 is 22.9 Å². The highest BCUT2D eigenvalue weighted by Gasteiger charge is 2.48. The van der Waals surface area contributed by atoms with E-state index in [2.05, 4.69) is 4.98 Å². The molecule has 0 radical (unpaired) electrons. The third-order valence-corrected chi connectivity index (χ3v) is 7.83. The number of hydrogen-bond donors (Lipinski definition) is 1. The maximum Gasteiger partial charge on any atom is 0.350 e. The number of carbonyl (C=O) groups is 3. The molecule has 1 saturated heterocycles. The van der Waals surface area contributed by atoms with E-state index in [9.17, 15) is 19.5 Å². The Balaban J connectivity index is 1.61. The number of aromatic nitrogens is 1. The molecule has 1 aliphatic heterocycles. The monoisotopic (exact) mass is 588 g/mol. The van der Waals surface area contributed by atoms with Gasteiger partial charge in [0.1, 0.15) is 23.0 Å². The molecule has 0 bridgehead atoms. The summed E-state index contributed by atoms with van der Waals surface area (Å²) in [5.74, 6) is -2.19. The first-order valence-electron chi connectivity index (χ1n) is 12.8. The summed E-state index contributed by atoms with van der Waals surface area (Å²) in [7, 11) is 0. The van der Waals surface area contributed by atoms with Crippen molar-refractivity contribution in [3.8, 4) is 5.75 Å². The fourth-order valence-corrected chi connectivity index (χ4v) is 5.61. The number of carbonyl (C=O) groups excluding carboxylic acids is 3. The van der Waals surface area contributed by atoms with Crippen molar-refractivity contribution in [2.45, 2.75) is 26.5 Å². The maximum atomic E-state index is 13.5. The van der Waals surface area contributed by atoms with Crippen molar-refractivity contribution in [3.63, 3.8) is 0 Å². The van der Waals surface area contributed by atoms with Gasteiger partial charge in [0.15, 0.2) is 5.13 Å². The van der Waals surface area contributed by atoms with Crippen LogP contribution < -0.4 is 9.64 Å². The van der Waals surface area contributed by atoms with Crippen LogP contribution in [0.3, 0.4) is 0 Å². The molecule has 4 aromatic rings. The summed E-state index contributed by atoms with van der Waals surface area (Å²) in [6.45, 7) is 3.80. The fraction of sp³-hybridized carbons (Fsp3) is 0.161. The molecule has 0 spiro atoms. The Kier molecular flexibility index (Phi) is 8.19. The fourth-order valence-electron chi connectivity index (χ4n) is 4.50. The number of benzene rings is 3. The van der Waals surface area contributed by atoms with Crippen LogP contribution in [0.2, 0.25) is 5.02 Å². The molecule has 1 unspecified atom stereocenters. The summed E-state index contributed by atoms with van der Waals surface area (Å²) in [4.78, 5) is 45.4. The average molecular weight is 589 g/mol. The third-order valence-electron chi connectivity index (χ3n) is 6.44. The Morgan fingerprint density at radius 2 is 1.78 bits per heavy atom. The van der Waals surface area contributed by atoms with Crippen molar-refractivity contribution < 1.29 is 29.0 Å². The molecule has 5 rings (SSSR count). The largest absolute Gasteiger partial charge is 0.507 e. The summed E-state index contributed by atoms with van der Waals surface area (Å²) in [5.41, 5.74) is 2.04. The minimum Gasteiger partial charge on any atom is -0.507 e. The lowest BCUT2D eigenvalue weighted by atomic mass is 9.95. The summed E-state index contributed by atoms with van der Waals surface area (Å²) in [5, 5.41) is 11.9. The lowest BCUT2D eigenvalue weighted by Gasteiger charge is -2.23. The van der Waals surface area contributed by atoms with Crippen LogP contribution in [0.4, 0.5) is 5.13 Å². The molecule has 0 aliphatic carbocycles. The number of esters is 1. The van der Waals surface area contributed by atoms with Crippen LogP contribution in [0, 0.1) is 6.92 Å². The SMILES string of the molecule is CCOC(=O)c1sc(N2C(=O)C(=O)/C(=C(/O)c3ccc(Cl)cc3)C2c2cccc(OCc3ccccc3)c2)nc1C. The van der Waals surface area contributed by atoms with E-state index in [0.717, 1.165) is 16.9 Å². The van der Waals surface area contributed by atoms with Crippen molar-refractivity contribution in [1.29, 1.82) is 0 Å². The first-order valence-corrected chi connectivity index (χ1v) is 14.0. The number of halogens is 1. The van der Waals surface area contributed by atoms with Gasteiger partial charge in [-0.05, 0) is 61.4 Å². The minimum atomic E-state index is -1.05. The standard InChI is InChI=1S/C31H25ClN2O6S/c1-3-39-30(38)28-18(2)33-31(41-28)34-25(21-10-7-11-23(16-21)40-17-19-8-5-4-6-9-19)24(27(36)29(34)37)26(35)20-12-14-22(32)15-13-20/h4-16,25,35H,3,17H2,1-2H3/b26-24+. The summed E-state index contributed by atoms with van der Waals surface area (Å²) < 4.78 is 11.1. The van der Waals surface area contributed by atoms with Gasteiger partial charge in [0.25, 0.3) is 5.78 Å². The molecule has 10 heteroatoms. The number of rotatable bonds is 8. The molecule has 1 fully saturated rings. The molecule has 1 atom stereocenters. The first kappa shape index (κ1) is 28.1. The number of amides is 1. The highest BCUT2D eigenvalue weighted by Crippen LogP contribution is 2.44. The van der Waals surface area contributed by atoms with Gasteiger partial charge in [-0.2, -0.15) is 0 Å². The lowest BCUT2D eigenvalue weighted by Crippen LogP contribution is -2.29. The number of ether oxygens (including phenoxy) is 2. The van der Waals surface area contributed by atoms with Crippen molar-refractivity contribution in [3.05, 3.63) is 117 Å². The number of ketones is 1. The molecule has 1 aromatic heterocycles. The first-order chi connectivity index (χ1) is 19.8. The maximum absolute atomic E-state index is 13.5. The molecule has 41 heavy (non-hydrogen) atoms. The number of aliphatic hydroxyl groups is 1. The third kappa shape index (κ3) is 5.73. The summed E-state index contributed by atoms with van der Waals surface area (Å²) >= 11 is 6.97. The van der Waals surface area contributed by atoms with Gasteiger partial charge < -0.3 is 14.6 Å². The average Bonchev–Trinajstić information content (AvgIpc) is 3.49. The van der Waals surface area contributed by atoms with Gasteiger partial charge in [-0.1, -0.05) is 65.4 Å². The number of anilines is 1. The number of nitrogens with zero attached hydrogens (tertiary/aromatic N) is 2. The molecule has 3 aromatic carbocycles. The Morgan fingerprint density at radius 3 is 2.49 bits per heavy atom. The normalized spacial score (nSPS) is 16.2. The number of hydrogen-bond acceptors (Lipinski definition) is 8. The smallest absolute Gasteiger partial charge is 0.350 e. The molecule has 1 N–H and O–H groups in total. The second kappa shape index (κ2) is 12.0. The zero-order chi connectivity index (χ0) is 29.1. The highest BCUT2D eigenvalue weighted by atomic mass is 35.5. The zero-order valence-electron chi connectivity index (χ0n) is 22.2. The number of aryl methyl sites for hydroxylation is 1. The van der Waals surface area contributed by atoms with Crippen LogP contribution in [0.25, 0.3) is 5.76 Å². The predicted octanol–water partition coefficient (Wildman–Crippen LogP) is 6.49. The molecule has 1 amide bonds. The van der Waals surface area contributed by atoms with E-state index in [0.29, 0.717) is 34.2 Å². The van der Waals surface area contributed by atoms with E-state index in [1.54, 1.807) is 62.4 Å². The van der Waals surface area contributed by atoms with Gasteiger partial charge in [0.05, 0.1) is 23.9 Å². The van der Waals surface area contributed by atoms with Gasteiger partial charge in [-0.3, -0.25) is 14.5 Å². The van der Waals surface area contributed by atoms with Gasteiger partial charge in [0.2, 0.25) is 0 Å². The van der Waals surface area contributed by atoms with Crippen LogP contribution in [0.15, 0.2) is 84.4 Å². The minimum absolute atomic E-state index is 0.122. The molecule has 0 saturated carbocycles. The molecular weight excluding hydrogens is 564 g/mol. The van der Waals surface area contributed by atoms with E-state index in [-0.39, 0.29) is 27.9 Å².